The SMILES string of the molecule is CNC(Cc1nccs1)C(C)(C)C. The molecule has 0 aliphatic rings. The van der Waals surface area contributed by atoms with E-state index < -0.39 is 0 Å². The molecular formula is C10H18N2S. The Hall–Kier alpha value is -0.410. The van der Waals surface area contributed by atoms with E-state index in [0.29, 0.717) is 11.5 Å². The molecule has 1 heterocycles. The Kier molecular flexibility index (Phi) is 3.45. The molecule has 2 nitrogen and oxygen atoms in total. The van der Waals surface area contributed by atoms with Gasteiger partial charge in [0.2, 0.25) is 0 Å². The highest BCUT2D eigenvalue weighted by atomic mass is 32.1. The van der Waals surface area contributed by atoms with Gasteiger partial charge >= 0.3 is 0 Å². The fourth-order valence-electron chi connectivity index (χ4n) is 1.37. The lowest BCUT2D eigenvalue weighted by Gasteiger charge is -2.29. The first-order valence-electron chi connectivity index (χ1n) is 4.59. The second-order valence-electron chi connectivity index (χ2n) is 4.34. The molecule has 0 saturated heterocycles. The summed E-state index contributed by atoms with van der Waals surface area (Å²) in [7, 11) is 2.02. The highest BCUT2D eigenvalue weighted by Gasteiger charge is 2.23. The molecule has 0 aromatic carbocycles. The molecule has 0 spiro atoms. The third kappa shape index (κ3) is 3.08. The summed E-state index contributed by atoms with van der Waals surface area (Å²) in [6.45, 7) is 6.76. The standard InChI is InChI=1S/C10H18N2S/c1-10(2,3)8(11-4)7-9-12-5-6-13-9/h5-6,8,11H,7H2,1-4H3. The van der Waals surface area contributed by atoms with Gasteiger partial charge < -0.3 is 5.32 Å². The maximum atomic E-state index is 4.30. The minimum Gasteiger partial charge on any atom is -0.316 e. The summed E-state index contributed by atoms with van der Waals surface area (Å²) in [5.74, 6) is 0. The largest absolute Gasteiger partial charge is 0.316 e. The number of thiazole rings is 1. The summed E-state index contributed by atoms with van der Waals surface area (Å²) in [6.07, 6.45) is 2.90. The van der Waals surface area contributed by atoms with Gasteiger partial charge in [0, 0.05) is 24.0 Å². The van der Waals surface area contributed by atoms with E-state index in [1.165, 1.54) is 5.01 Å². The maximum absolute atomic E-state index is 4.30. The molecule has 1 aromatic rings. The van der Waals surface area contributed by atoms with Crippen molar-refractivity contribution >= 4 is 11.3 Å². The van der Waals surface area contributed by atoms with Crippen molar-refractivity contribution in [1.82, 2.24) is 10.3 Å². The quantitative estimate of drug-likeness (QED) is 0.806. The minimum absolute atomic E-state index is 0.292. The molecular weight excluding hydrogens is 180 g/mol. The number of likely N-dealkylation sites (N-methyl/N-ethyl adjacent to an activating group) is 1. The topological polar surface area (TPSA) is 24.9 Å². The zero-order chi connectivity index (χ0) is 9.90. The first kappa shape index (κ1) is 10.7. The van der Waals surface area contributed by atoms with Crippen LogP contribution in [0.3, 0.4) is 0 Å². The third-order valence-corrected chi connectivity index (χ3v) is 3.06. The number of nitrogens with one attached hydrogen (secondary N) is 1. The molecule has 0 bridgehead atoms. The van der Waals surface area contributed by atoms with Gasteiger partial charge in [0.15, 0.2) is 0 Å². The lowest BCUT2D eigenvalue weighted by Crippen LogP contribution is -2.39. The van der Waals surface area contributed by atoms with E-state index in [2.05, 4.69) is 31.1 Å². The molecule has 0 aliphatic heterocycles. The van der Waals surface area contributed by atoms with Crippen LogP contribution in [0.25, 0.3) is 0 Å². The molecule has 74 valence electrons. The molecule has 1 unspecified atom stereocenters. The van der Waals surface area contributed by atoms with Crippen LogP contribution < -0.4 is 5.32 Å². The summed E-state index contributed by atoms with van der Waals surface area (Å²) in [4.78, 5) is 4.30. The fraction of sp³-hybridized carbons (Fsp3) is 0.700. The fourth-order valence-corrected chi connectivity index (χ4v) is 2.03. The highest BCUT2D eigenvalue weighted by molar-refractivity contribution is 7.09. The van der Waals surface area contributed by atoms with Crippen molar-refractivity contribution in [3.8, 4) is 0 Å². The van der Waals surface area contributed by atoms with Gasteiger partial charge in [-0.05, 0) is 12.5 Å². The van der Waals surface area contributed by atoms with E-state index >= 15 is 0 Å². The number of hydrogen-bond donors (Lipinski definition) is 1. The second kappa shape index (κ2) is 4.20. The smallest absolute Gasteiger partial charge is 0.0940 e. The molecule has 1 atom stereocenters. The van der Waals surface area contributed by atoms with Crippen molar-refractivity contribution in [3.63, 3.8) is 0 Å². The van der Waals surface area contributed by atoms with Gasteiger partial charge in [0.1, 0.15) is 0 Å². The summed E-state index contributed by atoms with van der Waals surface area (Å²) in [6, 6.07) is 0.499. The van der Waals surface area contributed by atoms with Crippen molar-refractivity contribution in [2.24, 2.45) is 5.41 Å². The van der Waals surface area contributed by atoms with Crippen LogP contribution >= 0.6 is 11.3 Å². The number of rotatable bonds is 3. The molecule has 1 aromatic heterocycles. The molecule has 0 saturated carbocycles. The van der Waals surface area contributed by atoms with Gasteiger partial charge in [-0.15, -0.1) is 11.3 Å². The van der Waals surface area contributed by atoms with Crippen molar-refractivity contribution in [2.75, 3.05) is 7.05 Å². The summed E-state index contributed by atoms with van der Waals surface area (Å²) < 4.78 is 0. The lowest BCUT2D eigenvalue weighted by molar-refractivity contribution is 0.279. The molecule has 0 fully saturated rings. The van der Waals surface area contributed by atoms with Gasteiger partial charge in [-0.1, -0.05) is 20.8 Å². The first-order valence-corrected chi connectivity index (χ1v) is 5.47. The Bertz CT molecular complexity index is 236. The molecule has 3 heteroatoms. The molecule has 0 aliphatic carbocycles. The number of aromatic nitrogens is 1. The summed E-state index contributed by atoms with van der Waals surface area (Å²) in [5, 5.41) is 6.60. The Labute approximate surface area is 84.4 Å². The second-order valence-corrected chi connectivity index (χ2v) is 5.32. The molecule has 1 N–H and O–H groups in total. The van der Waals surface area contributed by atoms with Crippen LogP contribution in [-0.4, -0.2) is 18.1 Å². The van der Waals surface area contributed by atoms with E-state index in [0.717, 1.165) is 6.42 Å². The van der Waals surface area contributed by atoms with Crippen LogP contribution in [0.1, 0.15) is 25.8 Å². The van der Waals surface area contributed by atoms with E-state index in [4.69, 9.17) is 0 Å². The van der Waals surface area contributed by atoms with E-state index in [1.54, 1.807) is 11.3 Å². The lowest BCUT2D eigenvalue weighted by atomic mass is 9.85. The zero-order valence-electron chi connectivity index (χ0n) is 8.79. The van der Waals surface area contributed by atoms with Crippen molar-refractivity contribution < 1.29 is 0 Å². The van der Waals surface area contributed by atoms with E-state index in [-0.39, 0.29) is 0 Å². The Balaban J connectivity index is 2.60. The van der Waals surface area contributed by atoms with Gasteiger partial charge in [-0.3, -0.25) is 0 Å². The van der Waals surface area contributed by atoms with Gasteiger partial charge in [-0.2, -0.15) is 0 Å². The van der Waals surface area contributed by atoms with E-state index in [9.17, 15) is 0 Å². The predicted octanol–water partition coefficient (Wildman–Crippen LogP) is 2.32. The predicted molar refractivity (Wildman–Crippen MR) is 58.1 cm³/mol. The zero-order valence-corrected chi connectivity index (χ0v) is 9.61. The normalized spacial score (nSPS) is 14.5. The van der Waals surface area contributed by atoms with Crippen molar-refractivity contribution in [2.45, 2.75) is 33.2 Å². The van der Waals surface area contributed by atoms with Crippen LogP contribution in [-0.2, 0) is 6.42 Å². The van der Waals surface area contributed by atoms with Gasteiger partial charge in [0.25, 0.3) is 0 Å². The van der Waals surface area contributed by atoms with Crippen LogP contribution in [0.5, 0.6) is 0 Å². The first-order chi connectivity index (χ1) is 6.04. The summed E-state index contributed by atoms with van der Waals surface area (Å²) in [5.41, 5.74) is 0.292. The monoisotopic (exact) mass is 198 g/mol. The third-order valence-electron chi connectivity index (χ3n) is 2.26. The molecule has 1 rings (SSSR count). The van der Waals surface area contributed by atoms with Crippen LogP contribution in [0.4, 0.5) is 0 Å². The highest BCUT2D eigenvalue weighted by Crippen LogP contribution is 2.22. The average Bonchev–Trinajstić information content (AvgIpc) is 2.49. The number of nitrogens with zero attached hydrogens (tertiary/aromatic N) is 1. The van der Waals surface area contributed by atoms with Crippen LogP contribution in [0.15, 0.2) is 11.6 Å². The van der Waals surface area contributed by atoms with Crippen molar-refractivity contribution in [1.29, 1.82) is 0 Å². The van der Waals surface area contributed by atoms with Gasteiger partial charge in [0.05, 0.1) is 5.01 Å². The Morgan fingerprint density at radius 3 is 2.62 bits per heavy atom. The Morgan fingerprint density at radius 1 is 1.54 bits per heavy atom. The molecule has 0 amide bonds. The minimum atomic E-state index is 0.292. The van der Waals surface area contributed by atoms with Crippen LogP contribution in [0.2, 0.25) is 0 Å². The molecule has 13 heavy (non-hydrogen) atoms. The van der Waals surface area contributed by atoms with Crippen LogP contribution in [0, 0.1) is 5.41 Å². The summed E-state index contributed by atoms with van der Waals surface area (Å²) >= 11 is 1.73. The number of hydrogen-bond acceptors (Lipinski definition) is 3. The average molecular weight is 198 g/mol. The maximum Gasteiger partial charge on any atom is 0.0940 e. The molecule has 0 radical (unpaired) electrons. The van der Waals surface area contributed by atoms with Crippen molar-refractivity contribution in [3.05, 3.63) is 16.6 Å². The van der Waals surface area contributed by atoms with Gasteiger partial charge in [-0.25, -0.2) is 4.98 Å². The Morgan fingerprint density at radius 2 is 2.23 bits per heavy atom. The van der Waals surface area contributed by atoms with E-state index in [1.807, 2.05) is 18.6 Å².